The van der Waals surface area contributed by atoms with E-state index in [0.29, 0.717) is 17.7 Å². The van der Waals surface area contributed by atoms with Crippen molar-refractivity contribution in [3.05, 3.63) is 100 Å². The fraction of sp³-hybridized carbons (Fsp3) is 0.130. The van der Waals surface area contributed by atoms with Gasteiger partial charge in [0.15, 0.2) is 0 Å². The van der Waals surface area contributed by atoms with E-state index in [1.165, 1.54) is 7.11 Å². The van der Waals surface area contributed by atoms with Gasteiger partial charge in [0.2, 0.25) is 11.3 Å². The summed E-state index contributed by atoms with van der Waals surface area (Å²) in [6.07, 6.45) is 0. The summed E-state index contributed by atoms with van der Waals surface area (Å²) >= 11 is 3.42. The van der Waals surface area contributed by atoms with Crippen LogP contribution in [0, 0.1) is 0 Å². The third-order valence-corrected chi connectivity index (χ3v) is 5.63. The van der Waals surface area contributed by atoms with Gasteiger partial charge < -0.3 is 9.64 Å². The first-order valence-electron chi connectivity index (χ1n) is 8.89. The molecule has 3 aromatic rings. The average molecular weight is 436 g/mol. The predicted molar refractivity (Wildman–Crippen MR) is 111 cm³/mol. The Hall–Kier alpha value is -2.92. The van der Waals surface area contributed by atoms with Crippen LogP contribution < -0.4 is 4.90 Å². The number of esters is 1. The molecule has 0 aromatic heterocycles. The molecule has 1 aliphatic heterocycles. The molecule has 0 bridgehead atoms. The fourth-order valence-corrected chi connectivity index (χ4v) is 4.08. The first kappa shape index (κ1) is 18.4. The van der Waals surface area contributed by atoms with Gasteiger partial charge in [-0.25, -0.2) is 4.79 Å². The van der Waals surface area contributed by atoms with E-state index in [0.717, 1.165) is 15.7 Å². The molecule has 5 heteroatoms. The molecule has 1 unspecified atom stereocenters. The molecule has 0 aliphatic carbocycles. The van der Waals surface area contributed by atoms with E-state index in [-0.39, 0.29) is 5.78 Å². The molecular formula is C23H18BrNO3. The zero-order valence-corrected chi connectivity index (χ0v) is 16.8. The number of carbonyl (C=O) groups excluding carboxylic acids is 2. The van der Waals surface area contributed by atoms with Crippen molar-refractivity contribution in [1.29, 1.82) is 0 Å². The van der Waals surface area contributed by atoms with Crippen LogP contribution in [0.3, 0.4) is 0 Å². The van der Waals surface area contributed by atoms with Gasteiger partial charge in [-0.1, -0.05) is 70.5 Å². The molecular weight excluding hydrogens is 418 g/mol. The molecule has 1 heterocycles. The Bertz CT molecular complexity index is 1030. The van der Waals surface area contributed by atoms with Crippen molar-refractivity contribution in [3.8, 4) is 0 Å². The Morgan fingerprint density at radius 3 is 2.29 bits per heavy atom. The molecule has 3 aromatic carbocycles. The Balaban J connectivity index is 1.97. The van der Waals surface area contributed by atoms with Crippen LogP contribution in [-0.4, -0.2) is 18.9 Å². The molecule has 0 saturated carbocycles. The van der Waals surface area contributed by atoms with E-state index < -0.39 is 11.5 Å². The van der Waals surface area contributed by atoms with E-state index in [9.17, 15) is 9.59 Å². The molecule has 0 spiro atoms. The summed E-state index contributed by atoms with van der Waals surface area (Å²) in [7, 11) is 1.32. The van der Waals surface area contributed by atoms with E-state index in [1.54, 1.807) is 18.2 Å². The van der Waals surface area contributed by atoms with E-state index >= 15 is 0 Å². The van der Waals surface area contributed by atoms with Gasteiger partial charge in [-0.3, -0.25) is 4.79 Å². The van der Waals surface area contributed by atoms with E-state index in [4.69, 9.17) is 4.74 Å². The van der Waals surface area contributed by atoms with Crippen molar-refractivity contribution in [2.45, 2.75) is 12.1 Å². The van der Waals surface area contributed by atoms with Crippen LogP contribution in [0.4, 0.5) is 5.69 Å². The highest BCUT2D eigenvalue weighted by Crippen LogP contribution is 2.46. The van der Waals surface area contributed by atoms with Gasteiger partial charge in [0, 0.05) is 22.3 Å². The Morgan fingerprint density at radius 2 is 1.61 bits per heavy atom. The van der Waals surface area contributed by atoms with Gasteiger partial charge in [0.1, 0.15) is 0 Å². The molecule has 0 fully saturated rings. The standard InChI is InChI=1S/C23H18BrNO3/c1-28-22(27)23(17-11-13-18(24)14-12-17)21(26)19-9-5-6-10-20(19)25(23)15-16-7-3-2-4-8-16/h2-14H,15H2,1H3. The second-order valence-corrected chi connectivity index (χ2v) is 7.54. The van der Waals surface area contributed by atoms with Gasteiger partial charge in [-0.15, -0.1) is 0 Å². The number of Topliss-reactive ketones (excluding diaryl/α,β-unsaturated/α-hetero) is 1. The largest absolute Gasteiger partial charge is 0.467 e. The number of para-hydroxylation sites is 1. The van der Waals surface area contributed by atoms with Crippen LogP contribution in [0.5, 0.6) is 0 Å². The molecule has 0 N–H and O–H groups in total. The topological polar surface area (TPSA) is 46.6 Å². The second-order valence-electron chi connectivity index (χ2n) is 6.63. The summed E-state index contributed by atoms with van der Waals surface area (Å²) < 4.78 is 6.05. The number of hydrogen-bond acceptors (Lipinski definition) is 4. The second kappa shape index (κ2) is 7.24. The summed E-state index contributed by atoms with van der Waals surface area (Å²) in [4.78, 5) is 28.7. The van der Waals surface area contributed by atoms with Crippen molar-refractivity contribution in [2.24, 2.45) is 0 Å². The lowest BCUT2D eigenvalue weighted by molar-refractivity contribution is -0.145. The highest BCUT2D eigenvalue weighted by atomic mass is 79.9. The van der Waals surface area contributed by atoms with Crippen molar-refractivity contribution in [1.82, 2.24) is 0 Å². The Morgan fingerprint density at radius 1 is 0.964 bits per heavy atom. The average Bonchev–Trinajstić information content (AvgIpc) is 2.98. The van der Waals surface area contributed by atoms with Gasteiger partial charge in [-0.2, -0.15) is 0 Å². The molecule has 4 rings (SSSR count). The van der Waals surface area contributed by atoms with Crippen LogP contribution in [-0.2, 0) is 21.6 Å². The lowest BCUT2D eigenvalue weighted by Gasteiger charge is -2.37. The maximum atomic E-state index is 13.7. The predicted octanol–water partition coefficient (Wildman–Crippen LogP) is 4.72. The SMILES string of the molecule is COC(=O)C1(c2ccc(Br)cc2)C(=O)c2ccccc2N1Cc1ccccc1. The lowest BCUT2D eigenvalue weighted by atomic mass is 9.84. The monoisotopic (exact) mass is 435 g/mol. The van der Waals surface area contributed by atoms with E-state index in [2.05, 4.69) is 15.9 Å². The van der Waals surface area contributed by atoms with Crippen molar-refractivity contribution < 1.29 is 14.3 Å². The normalized spacial score (nSPS) is 18.1. The molecule has 0 radical (unpaired) electrons. The molecule has 0 amide bonds. The minimum atomic E-state index is -1.56. The quantitative estimate of drug-likeness (QED) is 0.439. The number of halogens is 1. The van der Waals surface area contributed by atoms with Crippen LogP contribution in [0.15, 0.2) is 83.3 Å². The Labute approximate surface area is 171 Å². The molecule has 28 heavy (non-hydrogen) atoms. The van der Waals surface area contributed by atoms with Crippen LogP contribution in [0.25, 0.3) is 0 Å². The van der Waals surface area contributed by atoms with Crippen molar-refractivity contribution in [2.75, 3.05) is 12.0 Å². The van der Waals surface area contributed by atoms with Gasteiger partial charge >= 0.3 is 5.97 Å². The summed E-state index contributed by atoms with van der Waals surface area (Å²) in [5.41, 5.74) is 1.27. The number of ether oxygens (including phenoxy) is 1. The molecule has 140 valence electrons. The highest BCUT2D eigenvalue weighted by molar-refractivity contribution is 9.10. The number of carbonyl (C=O) groups is 2. The zero-order valence-electron chi connectivity index (χ0n) is 15.3. The molecule has 1 aliphatic rings. The van der Waals surface area contributed by atoms with Crippen LogP contribution in [0.2, 0.25) is 0 Å². The summed E-state index contributed by atoms with van der Waals surface area (Å²) in [5, 5.41) is 0. The number of methoxy groups -OCH3 is 1. The lowest BCUT2D eigenvalue weighted by Crippen LogP contribution is -2.54. The number of fused-ring (bicyclic) bond motifs is 1. The smallest absolute Gasteiger partial charge is 0.344 e. The van der Waals surface area contributed by atoms with Gasteiger partial charge in [-0.05, 0) is 35.4 Å². The van der Waals surface area contributed by atoms with Crippen molar-refractivity contribution in [3.63, 3.8) is 0 Å². The first-order chi connectivity index (χ1) is 13.6. The number of benzene rings is 3. The fourth-order valence-electron chi connectivity index (χ4n) is 3.82. The summed E-state index contributed by atoms with van der Waals surface area (Å²) in [6, 6.07) is 24.4. The van der Waals surface area contributed by atoms with Gasteiger partial charge in [0.05, 0.1) is 7.11 Å². The number of rotatable bonds is 4. The maximum absolute atomic E-state index is 13.7. The summed E-state index contributed by atoms with van der Waals surface area (Å²) in [5.74, 6) is -0.861. The van der Waals surface area contributed by atoms with Gasteiger partial charge in [0.25, 0.3) is 0 Å². The zero-order chi connectivity index (χ0) is 19.7. The number of anilines is 1. The maximum Gasteiger partial charge on any atom is 0.344 e. The van der Waals surface area contributed by atoms with Crippen molar-refractivity contribution >= 4 is 33.4 Å². The number of ketones is 1. The minimum absolute atomic E-state index is 0.270. The van der Waals surface area contributed by atoms with Crippen LogP contribution in [0.1, 0.15) is 21.5 Å². The minimum Gasteiger partial charge on any atom is -0.467 e. The Kier molecular flexibility index (Phi) is 4.77. The molecule has 0 saturated heterocycles. The summed E-state index contributed by atoms with van der Waals surface area (Å²) in [6.45, 7) is 0.398. The molecule has 4 nitrogen and oxygen atoms in total. The third-order valence-electron chi connectivity index (χ3n) is 5.10. The third kappa shape index (κ3) is 2.74. The van der Waals surface area contributed by atoms with Crippen LogP contribution >= 0.6 is 15.9 Å². The number of hydrogen-bond donors (Lipinski definition) is 0. The first-order valence-corrected chi connectivity index (χ1v) is 9.68. The number of nitrogens with zero attached hydrogens (tertiary/aromatic N) is 1. The highest BCUT2D eigenvalue weighted by Gasteiger charge is 2.59. The van der Waals surface area contributed by atoms with E-state index in [1.807, 2.05) is 65.6 Å². The molecule has 1 atom stereocenters.